The van der Waals surface area contributed by atoms with Gasteiger partial charge in [-0.3, -0.25) is 0 Å². The van der Waals surface area contributed by atoms with Crippen LogP contribution in [-0.4, -0.2) is 6.85 Å². The van der Waals surface area contributed by atoms with Crippen LogP contribution in [0.3, 0.4) is 0 Å². The lowest BCUT2D eigenvalue weighted by atomic mass is 9.43. The summed E-state index contributed by atoms with van der Waals surface area (Å²) in [4.78, 5) is 4.99. The fraction of sp³-hybridized carbons (Fsp3) is 0.0256. The lowest BCUT2D eigenvalue weighted by molar-refractivity contribution is 0.617. The van der Waals surface area contributed by atoms with Crippen LogP contribution in [0.1, 0.15) is 5.56 Å². The van der Waals surface area contributed by atoms with Gasteiger partial charge in [-0.15, -0.1) is 0 Å². The molecule has 3 nitrogen and oxygen atoms in total. The Hall–Kier alpha value is -5.48. The van der Waals surface area contributed by atoms with E-state index >= 15 is 0 Å². The molecule has 0 aliphatic carbocycles. The second-order valence-electron chi connectivity index (χ2n) is 11.4. The number of furan rings is 1. The first kappa shape index (κ1) is 24.2. The zero-order valence-electron chi connectivity index (χ0n) is 23.7. The van der Waals surface area contributed by atoms with E-state index < -0.39 is 0 Å². The molecular weight excluding hydrogens is 523 g/mol. The number of fused-ring (bicyclic) bond motifs is 5. The molecule has 2 aliphatic rings. The molecule has 0 unspecified atom stereocenters. The van der Waals surface area contributed by atoms with Crippen molar-refractivity contribution in [3.63, 3.8) is 0 Å². The van der Waals surface area contributed by atoms with Crippen molar-refractivity contribution in [2.75, 3.05) is 9.71 Å². The van der Waals surface area contributed by atoms with Gasteiger partial charge in [-0.2, -0.15) is 0 Å². The molecule has 0 atom stereocenters. The number of hydrogen-bond donors (Lipinski definition) is 0. The van der Waals surface area contributed by atoms with Crippen LogP contribution in [0.15, 0.2) is 150 Å². The van der Waals surface area contributed by atoms with Gasteiger partial charge >= 0.3 is 6.85 Å². The highest BCUT2D eigenvalue weighted by Gasteiger charge is 2.44. The first-order chi connectivity index (χ1) is 21.3. The van der Waals surface area contributed by atoms with E-state index in [-0.39, 0.29) is 6.85 Å². The maximum absolute atomic E-state index is 6.18. The molecule has 6 aromatic carbocycles. The average Bonchev–Trinajstić information content (AvgIpc) is 3.55. The van der Waals surface area contributed by atoms with Gasteiger partial charge in [-0.25, -0.2) is 0 Å². The Morgan fingerprint density at radius 1 is 0.558 bits per heavy atom. The summed E-state index contributed by atoms with van der Waals surface area (Å²) < 4.78 is 6.18. The monoisotopic (exact) mass is 550 g/mol. The van der Waals surface area contributed by atoms with Crippen LogP contribution in [0.25, 0.3) is 33.2 Å². The fourth-order valence-electron chi connectivity index (χ4n) is 7.14. The lowest BCUT2D eigenvalue weighted by Crippen LogP contribution is -2.61. The normalized spacial score (nSPS) is 13.1. The standard InChI is InChI=1S/C39H27BN2O/c1-26-18-21-29(22-19-26)42-33-15-7-5-12-30(33)31-13-9-17-36-38(31)40(42)32-14-6-8-16-34(32)41(36)35-23-20-28-24-25-43-39(28)37(35)27-10-3-2-4-11-27/h2-25H,1H3. The van der Waals surface area contributed by atoms with E-state index in [1.165, 1.54) is 50.4 Å². The third kappa shape index (κ3) is 3.50. The van der Waals surface area contributed by atoms with Crippen molar-refractivity contribution in [2.24, 2.45) is 0 Å². The maximum Gasteiger partial charge on any atom is 0.333 e. The third-order valence-corrected chi connectivity index (χ3v) is 9.00. The van der Waals surface area contributed by atoms with Crippen LogP contribution in [0.4, 0.5) is 28.4 Å². The highest BCUT2D eigenvalue weighted by molar-refractivity contribution is 6.93. The molecule has 1 aromatic heterocycles. The van der Waals surface area contributed by atoms with Gasteiger partial charge in [0, 0.05) is 39.3 Å². The smallest absolute Gasteiger partial charge is 0.333 e. The van der Waals surface area contributed by atoms with Crippen molar-refractivity contribution in [2.45, 2.75) is 6.92 Å². The second kappa shape index (κ2) is 9.27. The molecule has 9 rings (SSSR count). The number of aryl methyl sites for hydroxylation is 1. The van der Waals surface area contributed by atoms with E-state index in [0.29, 0.717) is 0 Å². The van der Waals surface area contributed by atoms with Gasteiger partial charge in [-0.1, -0.05) is 96.6 Å². The molecule has 4 heteroatoms. The van der Waals surface area contributed by atoms with Gasteiger partial charge in [-0.05, 0) is 77.5 Å². The van der Waals surface area contributed by atoms with Gasteiger partial charge in [0.05, 0.1) is 12.0 Å². The van der Waals surface area contributed by atoms with Crippen molar-refractivity contribution >= 4 is 57.2 Å². The molecule has 7 aromatic rings. The molecule has 2 aliphatic heterocycles. The SMILES string of the molecule is Cc1ccc(N2B3c4ccccc4N(c4ccc5ccoc5c4-c4ccccc4)c4cccc(c43)-c3ccccc32)cc1. The number of para-hydroxylation sites is 2. The summed E-state index contributed by atoms with van der Waals surface area (Å²) in [6, 6.07) is 50.5. The molecule has 0 amide bonds. The van der Waals surface area contributed by atoms with Crippen molar-refractivity contribution in [1.82, 2.24) is 0 Å². The molecular formula is C39H27BN2O. The number of nitrogens with zero attached hydrogens (tertiary/aromatic N) is 2. The van der Waals surface area contributed by atoms with E-state index in [0.717, 1.165) is 27.8 Å². The summed E-state index contributed by atoms with van der Waals surface area (Å²) >= 11 is 0. The highest BCUT2D eigenvalue weighted by Crippen LogP contribution is 2.49. The molecule has 202 valence electrons. The topological polar surface area (TPSA) is 19.6 Å². The Morgan fingerprint density at radius 2 is 1.28 bits per heavy atom. The summed E-state index contributed by atoms with van der Waals surface area (Å²) in [6.07, 6.45) is 1.79. The first-order valence-corrected chi connectivity index (χ1v) is 14.8. The molecule has 0 spiro atoms. The fourth-order valence-corrected chi connectivity index (χ4v) is 7.14. The minimum atomic E-state index is 0.0174. The number of hydrogen-bond acceptors (Lipinski definition) is 3. The predicted molar refractivity (Wildman–Crippen MR) is 180 cm³/mol. The Kier molecular flexibility index (Phi) is 5.21. The van der Waals surface area contributed by atoms with Crippen LogP contribution in [0, 0.1) is 6.92 Å². The van der Waals surface area contributed by atoms with Gasteiger partial charge < -0.3 is 14.1 Å². The van der Waals surface area contributed by atoms with Gasteiger partial charge in [0.2, 0.25) is 0 Å². The molecule has 0 N–H and O–H groups in total. The summed E-state index contributed by atoms with van der Waals surface area (Å²) in [5, 5.41) is 1.10. The third-order valence-electron chi connectivity index (χ3n) is 9.00. The molecule has 0 saturated heterocycles. The highest BCUT2D eigenvalue weighted by atomic mass is 16.3. The van der Waals surface area contributed by atoms with Crippen molar-refractivity contribution < 1.29 is 4.42 Å². The Bertz CT molecular complexity index is 2170. The van der Waals surface area contributed by atoms with Gasteiger partial charge in [0.1, 0.15) is 5.58 Å². The quantitative estimate of drug-likeness (QED) is 0.205. The van der Waals surface area contributed by atoms with E-state index in [1.54, 1.807) is 6.26 Å². The van der Waals surface area contributed by atoms with Crippen LogP contribution in [-0.2, 0) is 0 Å². The maximum atomic E-state index is 6.18. The molecule has 0 fully saturated rings. The van der Waals surface area contributed by atoms with E-state index in [4.69, 9.17) is 4.42 Å². The second-order valence-corrected chi connectivity index (χ2v) is 11.4. The summed E-state index contributed by atoms with van der Waals surface area (Å²) in [7, 11) is 0. The van der Waals surface area contributed by atoms with Crippen LogP contribution in [0.2, 0.25) is 0 Å². The van der Waals surface area contributed by atoms with Crippen LogP contribution in [0.5, 0.6) is 0 Å². The lowest BCUT2D eigenvalue weighted by Gasteiger charge is -2.45. The van der Waals surface area contributed by atoms with E-state index in [9.17, 15) is 0 Å². The molecule has 3 heterocycles. The van der Waals surface area contributed by atoms with Crippen LogP contribution >= 0.6 is 0 Å². The van der Waals surface area contributed by atoms with Gasteiger partial charge in [0.15, 0.2) is 0 Å². The summed E-state index contributed by atoms with van der Waals surface area (Å²) in [5.74, 6) is 0. The summed E-state index contributed by atoms with van der Waals surface area (Å²) in [5.41, 5.74) is 15.4. The molecule has 0 radical (unpaired) electrons. The van der Waals surface area contributed by atoms with Gasteiger partial charge in [0.25, 0.3) is 0 Å². The molecule has 43 heavy (non-hydrogen) atoms. The molecule has 0 saturated carbocycles. The Labute approximate surface area is 251 Å². The van der Waals surface area contributed by atoms with Crippen molar-refractivity contribution in [1.29, 1.82) is 0 Å². The zero-order chi connectivity index (χ0) is 28.5. The Balaban J connectivity index is 1.38. The van der Waals surface area contributed by atoms with E-state index in [2.05, 4.69) is 150 Å². The summed E-state index contributed by atoms with van der Waals surface area (Å²) in [6.45, 7) is 2.17. The predicted octanol–water partition coefficient (Wildman–Crippen LogP) is 9.12. The Morgan fingerprint density at radius 3 is 2.14 bits per heavy atom. The number of rotatable bonds is 3. The number of benzene rings is 6. The van der Waals surface area contributed by atoms with Crippen molar-refractivity contribution in [3.05, 3.63) is 151 Å². The zero-order valence-corrected chi connectivity index (χ0v) is 23.7. The average molecular weight is 550 g/mol. The van der Waals surface area contributed by atoms with Crippen LogP contribution < -0.4 is 20.6 Å². The molecule has 0 bridgehead atoms. The minimum Gasteiger partial charge on any atom is -0.464 e. The first-order valence-electron chi connectivity index (χ1n) is 14.8. The number of anilines is 5. The van der Waals surface area contributed by atoms with E-state index in [1.807, 2.05) is 6.07 Å². The largest absolute Gasteiger partial charge is 0.464 e. The minimum absolute atomic E-state index is 0.0174. The van der Waals surface area contributed by atoms with Crippen molar-refractivity contribution in [3.8, 4) is 22.3 Å².